The SMILES string of the molecule is Cn1c(C(=O)Nc2ccc(O)c(C(=O)O)c2)cc(Cl)c1Cl. The summed E-state index contributed by atoms with van der Waals surface area (Å²) in [6.45, 7) is 0. The lowest BCUT2D eigenvalue weighted by atomic mass is 10.1. The van der Waals surface area contributed by atoms with Crippen LogP contribution >= 0.6 is 23.2 Å². The molecular weight excluding hydrogens is 319 g/mol. The third-order valence-electron chi connectivity index (χ3n) is 2.83. The lowest BCUT2D eigenvalue weighted by molar-refractivity contribution is 0.0693. The van der Waals surface area contributed by atoms with Gasteiger partial charge in [-0.3, -0.25) is 4.79 Å². The number of anilines is 1. The number of halogens is 2. The van der Waals surface area contributed by atoms with E-state index in [1.807, 2.05) is 0 Å². The van der Waals surface area contributed by atoms with Gasteiger partial charge in [-0.1, -0.05) is 23.2 Å². The Kier molecular flexibility index (Phi) is 4.11. The van der Waals surface area contributed by atoms with E-state index in [1.165, 1.54) is 22.8 Å². The van der Waals surface area contributed by atoms with E-state index in [9.17, 15) is 14.7 Å². The number of aromatic carboxylic acids is 1. The summed E-state index contributed by atoms with van der Waals surface area (Å²) in [5, 5.41) is 21.3. The minimum absolute atomic E-state index is 0.218. The van der Waals surface area contributed by atoms with Crippen LogP contribution in [0.25, 0.3) is 0 Å². The van der Waals surface area contributed by atoms with Crippen molar-refractivity contribution in [1.29, 1.82) is 0 Å². The summed E-state index contributed by atoms with van der Waals surface area (Å²) < 4.78 is 1.40. The molecule has 0 aliphatic carbocycles. The molecule has 0 fully saturated rings. The van der Waals surface area contributed by atoms with Gasteiger partial charge in [-0.05, 0) is 24.3 Å². The quantitative estimate of drug-likeness (QED) is 0.755. The average molecular weight is 329 g/mol. The summed E-state index contributed by atoms with van der Waals surface area (Å²) in [5.41, 5.74) is 0.134. The van der Waals surface area contributed by atoms with Crippen LogP contribution < -0.4 is 5.32 Å². The van der Waals surface area contributed by atoms with Crippen LogP contribution in [0.4, 0.5) is 5.69 Å². The number of carboxylic acids is 1. The van der Waals surface area contributed by atoms with Gasteiger partial charge in [-0.2, -0.15) is 0 Å². The summed E-state index contributed by atoms with van der Waals surface area (Å²) >= 11 is 11.7. The number of hydrogen-bond donors (Lipinski definition) is 3. The molecule has 0 saturated heterocycles. The second kappa shape index (κ2) is 5.67. The van der Waals surface area contributed by atoms with Crippen LogP contribution in [-0.4, -0.2) is 26.7 Å². The van der Waals surface area contributed by atoms with E-state index in [0.717, 1.165) is 6.07 Å². The predicted octanol–water partition coefficient (Wildman–Crippen LogP) is 2.99. The summed E-state index contributed by atoms with van der Waals surface area (Å²) in [6.07, 6.45) is 0. The number of benzene rings is 1. The maximum Gasteiger partial charge on any atom is 0.339 e. The highest BCUT2D eigenvalue weighted by atomic mass is 35.5. The van der Waals surface area contributed by atoms with Gasteiger partial charge in [0.1, 0.15) is 22.2 Å². The van der Waals surface area contributed by atoms with Gasteiger partial charge in [-0.25, -0.2) is 4.79 Å². The topological polar surface area (TPSA) is 91.6 Å². The van der Waals surface area contributed by atoms with E-state index in [-0.39, 0.29) is 32.9 Å². The van der Waals surface area contributed by atoms with Crippen LogP contribution in [0.1, 0.15) is 20.8 Å². The molecule has 2 aromatic rings. The number of carbonyl (C=O) groups excluding carboxylic acids is 1. The molecule has 0 spiro atoms. The van der Waals surface area contributed by atoms with E-state index in [2.05, 4.69) is 5.32 Å². The number of nitrogens with zero attached hydrogens (tertiary/aromatic N) is 1. The highest BCUT2D eigenvalue weighted by molar-refractivity contribution is 6.42. The lowest BCUT2D eigenvalue weighted by Crippen LogP contribution is -2.16. The molecule has 0 saturated carbocycles. The normalized spacial score (nSPS) is 10.4. The Morgan fingerprint density at radius 2 is 1.90 bits per heavy atom. The maximum atomic E-state index is 12.1. The Morgan fingerprint density at radius 3 is 2.43 bits per heavy atom. The average Bonchev–Trinajstić information content (AvgIpc) is 2.68. The smallest absolute Gasteiger partial charge is 0.339 e. The predicted molar refractivity (Wildman–Crippen MR) is 78.5 cm³/mol. The standard InChI is InChI=1S/C13H10Cl2N2O4/c1-17-9(5-8(14)11(17)15)12(19)16-6-2-3-10(18)7(4-6)13(20)21/h2-5,18H,1H3,(H,16,19)(H,20,21). The summed E-state index contributed by atoms with van der Waals surface area (Å²) in [6, 6.07) is 5.12. The van der Waals surface area contributed by atoms with E-state index in [0.29, 0.717) is 0 Å². The molecule has 0 aliphatic heterocycles. The summed E-state index contributed by atoms with van der Waals surface area (Å²) in [5.74, 6) is -2.19. The number of hydrogen-bond acceptors (Lipinski definition) is 3. The second-order valence-corrected chi connectivity index (χ2v) is 4.98. The van der Waals surface area contributed by atoms with Gasteiger partial charge in [0.15, 0.2) is 0 Å². The van der Waals surface area contributed by atoms with Crippen LogP contribution in [0.15, 0.2) is 24.3 Å². The molecule has 0 bridgehead atoms. The Hall–Kier alpha value is -2.18. The zero-order chi connectivity index (χ0) is 15.7. The fourth-order valence-corrected chi connectivity index (χ4v) is 2.12. The molecule has 1 amide bonds. The van der Waals surface area contributed by atoms with Crippen molar-refractivity contribution in [3.63, 3.8) is 0 Å². The first kappa shape index (κ1) is 15.2. The monoisotopic (exact) mass is 328 g/mol. The molecule has 3 N–H and O–H groups in total. The van der Waals surface area contributed by atoms with Crippen molar-refractivity contribution in [3.05, 3.63) is 45.7 Å². The fraction of sp³-hybridized carbons (Fsp3) is 0.0769. The first-order valence-corrected chi connectivity index (χ1v) is 6.45. The van der Waals surface area contributed by atoms with Gasteiger partial charge in [0.05, 0.1) is 5.02 Å². The zero-order valence-corrected chi connectivity index (χ0v) is 12.2. The fourth-order valence-electron chi connectivity index (χ4n) is 1.74. The van der Waals surface area contributed by atoms with E-state index < -0.39 is 11.9 Å². The van der Waals surface area contributed by atoms with Crippen LogP contribution in [-0.2, 0) is 7.05 Å². The van der Waals surface area contributed by atoms with Crippen molar-refractivity contribution in [2.24, 2.45) is 7.05 Å². The van der Waals surface area contributed by atoms with Crippen molar-refractivity contribution in [2.75, 3.05) is 5.32 Å². The van der Waals surface area contributed by atoms with Gasteiger partial charge >= 0.3 is 5.97 Å². The van der Waals surface area contributed by atoms with E-state index in [4.69, 9.17) is 28.3 Å². The number of rotatable bonds is 3. The molecular formula is C13H10Cl2N2O4. The Bertz CT molecular complexity index is 740. The van der Waals surface area contributed by atoms with Crippen molar-refractivity contribution in [2.45, 2.75) is 0 Å². The van der Waals surface area contributed by atoms with Gasteiger partial charge in [-0.15, -0.1) is 0 Å². The van der Waals surface area contributed by atoms with Gasteiger partial charge < -0.3 is 20.1 Å². The number of amides is 1. The number of carbonyl (C=O) groups is 2. The highest BCUT2D eigenvalue weighted by Gasteiger charge is 2.17. The molecule has 0 aliphatic rings. The molecule has 0 unspecified atom stereocenters. The van der Waals surface area contributed by atoms with Crippen molar-refractivity contribution >= 4 is 40.8 Å². The van der Waals surface area contributed by atoms with E-state index >= 15 is 0 Å². The molecule has 8 heteroatoms. The minimum Gasteiger partial charge on any atom is -0.507 e. The minimum atomic E-state index is -1.30. The van der Waals surface area contributed by atoms with Crippen molar-refractivity contribution < 1.29 is 19.8 Å². The molecule has 6 nitrogen and oxygen atoms in total. The summed E-state index contributed by atoms with van der Waals surface area (Å²) in [7, 11) is 1.57. The van der Waals surface area contributed by atoms with E-state index in [1.54, 1.807) is 7.05 Å². The third-order valence-corrected chi connectivity index (χ3v) is 3.68. The number of aromatic hydroxyl groups is 1. The van der Waals surface area contributed by atoms with Crippen LogP contribution in [0.5, 0.6) is 5.75 Å². The third kappa shape index (κ3) is 2.96. The molecule has 0 atom stereocenters. The molecule has 21 heavy (non-hydrogen) atoms. The van der Waals surface area contributed by atoms with Gasteiger partial charge in [0.2, 0.25) is 0 Å². The number of carboxylic acid groups (broad SMARTS) is 1. The maximum absolute atomic E-state index is 12.1. The largest absolute Gasteiger partial charge is 0.507 e. The Balaban J connectivity index is 2.29. The molecule has 0 radical (unpaired) electrons. The van der Waals surface area contributed by atoms with Gasteiger partial charge in [0.25, 0.3) is 5.91 Å². The lowest BCUT2D eigenvalue weighted by Gasteiger charge is -2.08. The van der Waals surface area contributed by atoms with Crippen LogP contribution in [0.2, 0.25) is 10.2 Å². The molecule has 1 aromatic carbocycles. The molecule has 2 rings (SSSR count). The number of nitrogens with one attached hydrogen (secondary N) is 1. The highest BCUT2D eigenvalue weighted by Crippen LogP contribution is 2.26. The number of aromatic nitrogens is 1. The molecule has 1 aromatic heterocycles. The number of phenols is 1. The van der Waals surface area contributed by atoms with Crippen molar-refractivity contribution in [3.8, 4) is 5.75 Å². The first-order chi connectivity index (χ1) is 9.81. The second-order valence-electron chi connectivity index (χ2n) is 4.22. The van der Waals surface area contributed by atoms with Gasteiger partial charge in [0, 0.05) is 12.7 Å². The van der Waals surface area contributed by atoms with Crippen molar-refractivity contribution in [1.82, 2.24) is 4.57 Å². The zero-order valence-electron chi connectivity index (χ0n) is 10.7. The Labute approximate surface area is 129 Å². The molecule has 110 valence electrons. The van der Waals surface area contributed by atoms with Crippen LogP contribution in [0.3, 0.4) is 0 Å². The summed E-state index contributed by atoms with van der Waals surface area (Å²) in [4.78, 5) is 23.0. The van der Waals surface area contributed by atoms with Crippen LogP contribution in [0, 0.1) is 0 Å². The molecule has 1 heterocycles. The Morgan fingerprint density at radius 1 is 1.24 bits per heavy atom. The first-order valence-electron chi connectivity index (χ1n) is 5.69.